The Labute approximate surface area is 386 Å². The van der Waals surface area contributed by atoms with E-state index < -0.39 is 5.91 Å². The molecule has 6 aromatic rings. The zero-order valence-corrected chi connectivity index (χ0v) is 36.1. The Kier molecular flexibility index (Phi) is 21.3. The minimum absolute atomic E-state index is 0.00762. The first-order valence-corrected chi connectivity index (χ1v) is 20.7. The molecule has 3 N–H and O–H groups in total. The van der Waals surface area contributed by atoms with Crippen LogP contribution in [0.15, 0.2) is 159 Å². The van der Waals surface area contributed by atoms with Crippen molar-refractivity contribution in [2.45, 2.75) is 13.2 Å². The number of nitrogens with zero attached hydrogens (tertiary/aromatic N) is 2. The molecule has 2 heterocycles. The highest BCUT2D eigenvalue weighted by atomic mass is 17.5. The summed E-state index contributed by atoms with van der Waals surface area (Å²) in [6.07, 6.45) is 12.3. The first kappa shape index (κ1) is 49.0. The van der Waals surface area contributed by atoms with Crippen molar-refractivity contribution in [1.29, 1.82) is 0 Å². The number of hydrogen-bond acceptors (Lipinski definition) is 17. The SMILES string of the molecule is Nc1cccnc1-c1ncccc1NC(=O)c1cc(COCCOOO/C=C/c2ccccc2)c(COCCOOO/C=C/c2ccccc2)c(OOCCOOO/C=C\c2ccccc2)c1. The van der Waals surface area contributed by atoms with Crippen LogP contribution in [0.3, 0.4) is 0 Å². The van der Waals surface area contributed by atoms with Gasteiger partial charge in [-0.3, -0.25) is 14.8 Å². The summed E-state index contributed by atoms with van der Waals surface area (Å²) in [5.74, 6) is -0.400. The summed E-state index contributed by atoms with van der Waals surface area (Å²) in [6.45, 7) is -0.211. The Morgan fingerprint density at radius 1 is 0.537 bits per heavy atom. The molecule has 0 spiro atoms. The third-order valence-electron chi connectivity index (χ3n) is 8.82. The van der Waals surface area contributed by atoms with Crippen LogP contribution in [0.2, 0.25) is 0 Å². The predicted octanol–water partition coefficient (Wildman–Crippen LogP) is 8.97. The number of benzene rings is 4. The van der Waals surface area contributed by atoms with E-state index in [2.05, 4.69) is 15.3 Å². The molecule has 0 bridgehead atoms. The van der Waals surface area contributed by atoms with E-state index in [0.29, 0.717) is 33.9 Å². The number of carbonyl (C=O) groups is 1. The van der Waals surface area contributed by atoms with E-state index in [4.69, 9.17) is 69.4 Å². The summed E-state index contributed by atoms with van der Waals surface area (Å²) in [5, 5.41) is 17.2. The van der Waals surface area contributed by atoms with Crippen LogP contribution in [-0.2, 0) is 72.0 Å². The molecule has 1 amide bonds. The summed E-state index contributed by atoms with van der Waals surface area (Å²) in [7, 11) is 0. The Morgan fingerprint density at radius 3 is 1.58 bits per heavy atom. The molecule has 18 heteroatoms. The summed E-state index contributed by atoms with van der Waals surface area (Å²) in [4.78, 5) is 64.2. The zero-order chi connectivity index (χ0) is 46.4. The topological polar surface area (TPSA) is 201 Å². The molecule has 0 saturated carbocycles. The number of nitrogens with one attached hydrogen (secondary N) is 1. The molecule has 2 aromatic heterocycles. The van der Waals surface area contributed by atoms with Crippen LogP contribution in [0.1, 0.15) is 38.2 Å². The smallest absolute Gasteiger partial charge is 0.255 e. The van der Waals surface area contributed by atoms with Gasteiger partial charge in [0.2, 0.25) is 0 Å². The molecule has 0 fully saturated rings. The van der Waals surface area contributed by atoms with Crippen molar-refractivity contribution in [2.75, 3.05) is 50.7 Å². The molecular weight excluding hydrogens is 869 g/mol. The number of carbonyl (C=O) groups excluding carboxylic acids is 1. The van der Waals surface area contributed by atoms with Crippen LogP contribution in [0.5, 0.6) is 5.75 Å². The van der Waals surface area contributed by atoms with Gasteiger partial charge < -0.3 is 40.1 Å². The highest BCUT2D eigenvalue weighted by Crippen LogP contribution is 2.31. The lowest BCUT2D eigenvalue weighted by Crippen LogP contribution is -2.16. The third-order valence-corrected chi connectivity index (χ3v) is 8.82. The molecule has 67 heavy (non-hydrogen) atoms. The van der Waals surface area contributed by atoms with E-state index >= 15 is 0 Å². The van der Waals surface area contributed by atoms with Gasteiger partial charge in [0.15, 0.2) is 5.75 Å². The molecule has 18 nitrogen and oxygen atoms in total. The Morgan fingerprint density at radius 2 is 1.03 bits per heavy atom. The van der Waals surface area contributed by atoms with Crippen molar-refractivity contribution in [2.24, 2.45) is 0 Å². The van der Waals surface area contributed by atoms with E-state index in [9.17, 15) is 4.79 Å². The first-order valence-electron chi connectivity index (χ1n) is 20.7. The summed E-state index contributed by atoms with van der Waals surface area (Å²) in [6, 6.07) is 38.4. The van der Waals surface area contributed by atoms with Gasteiger partial charge in [-0.1, -0.05) is 91.0 Å². The molecule has 0 saturated heterocycles. The standard InChI is InChI=1S/C49H48N4O14/c50-44-18-10-23-51-47(44)48-45(19-11-24-52-48)53-49(54)41-34-42(36-55-28-30-61-65-58-25-20-38-12-4-1-5-13-38)43(37-56-29-31-62-66-59-26-21-39-14-6-2-7-15-39)46(35-41)64-57-32-33-63-67-60-27-22-40-16-8-3-9-17-40/h1-27,34-35H,28-33,36-37,50H2,(H,53,54)/b25-20+,26-21+,27-22-. The molecule has 0 atom stereocenters. The number of rotatable bonds is 30. The number of ether oxygens (including phenoxy) is 2. The number of nitrogens with two attached hydrogens (primary N) is 1. The van der Waals surface area contributed by atoms with Crippen LogP contribution in [-0.4, -0.2) is 55.5 Å². The molecular formula is C49H48N4O14. The van der Waals surface area contributed by atoms with Crippen molar-refractivity contribution in [1.82, 2.24) is 9.97 Å². The van der Waals surface area contributed by atoms with Crippen LogP contribution >= 0.6 is 0 Å². The average Bonchev–Trinajstić information content (AvgIpc) is 3.36. The number of nitrogen functional groups attached to an aromatic ring is 1. The third kappa shape index (κ3) is 17.8. The van der Waals surface area contributed by atoms with Gasteiger partial charge in [-0.25, -0.2) is 0 Å². The fraction of sp³-hybridized carbons (Fsp3) is 0.163. The highest BCUT2D eigenvalue weighted by molar-refractivity contribution is 6.06. The van der Waals surface area contributed by atoms with Crippen molar-refractivity contribution < 1.29 is 68.5 Å². The number of pyridine rings is 2. The molecule has 0 aliphatic heterocycles. The second-order valence-corrected chi connectivity index (χ2v) is 13.5. The molecule has 0 unspecified atom stereocenters. The Bertz CT molecular complexity index is 2360. The van der Waals surface area contributed by atoms with Crippen molar-refractivity contribution >= 4 is 35.5 Å². The molecule has 0 radical (unpaired) electrons. The van der Waals surface area contributed by atoms with Crippen molar-refractivity contribution in [3.8, 4) is 17.1 Å². The normalized spacial score (nSPS) is 11.3. The molecule has 4 aromatic carbocycles. The summed E-state index contributed by atoms with van der Waals surface area (Å²) in [5.41, 5.74) is 11.6. The number of hydrogen-bond donors (Lipinski definition) is 2. The molecule has 0 aliphatic rings. The van der Waals surface area contributed by atoms with E-state index in [1.807, 2.05) is 91.0 Å². The lowest BCUT2D eigenvalue weighted by Gasteiger charge is -2.18. The predicted molar refractivity (Wildman–Crippen MR) is 243 cm³/mol. The lowest BCUT2D eigenvalue weighted by molar-refractivity contribution is -0.492. The van der Waals surface area contributed by atoms with Gasteiger partial charge in [-0.2, -0.15) is 19.6 Å². The summed E-state index contributed by atoms with van der Waals surface area (Å²) >= 11 is 0. The van der Waals surface area contributed by atoms with Gasteiger partial charge in [0, 0.05) is 23.5 Å². The van der Waals surface area contributed by atoms with E-state index in [-0.39, 0.29) is 64.2 Å². The minimum Gasteiger partial charge on any atom is -0.397 e. The van der Waals surface area contributed by atoms with Gasteiger partial charge >= 0.3 is 0 Å². The highest BCUT2D eigenvalue weighted by Gasteiger charge is 2.20. The van der Waals surface area contributed by atoms with E-state index in [0.717, 1.165) is 16.7 Å². The maximum atomic E-state index is 14.1. The first-order chi connectivity index (χ1) is 33.1. The Balaban J connectivity index is 1.11. The fourth-order valence-corrected chi connectivity index (χ4v) is 5.69. The van der Waals surface area contributed by atoms with Crippen LogP contribution in [0.25, 0.3) is 29.6 Å². The zero-order valence-electron chi connectivity index (χ0n) is 36.1. The van der Waals surface area contributed by atoms with Gasteiger partial charge in [0.1, 0.15) is 56.6 Å². The van der Waals surface area contributed by atoms with Crippen molar-refractivity contribution in [3.05, 3.63) is 192 Å². The molecule has 0 aliphatic carbocycles. The van der Waals surface area contributed by atoms with Gasteiger partial charge in [-0.15, -0.1) is 0 Å². The fourth-order valence-electron chi connectivity index (χ4n) is 5.69. The summed E-state index contributed by atoms with van der Waals surface area (Å²) < 4.78 is 11.9. The van der Waals surface area contributed by atoms with Gasteiger partial charge in [-0.05, 0) is 92.0 Å². The van der Waals surface area contributed by atoms with E-state index in [1.165, 1.54) is 24.9 Å². The van der Waals surface area contributed by atoms with Crippen LogP contribution < -0.4 is 15.9 Å². The monoisotopic (exact) mass is 916 g/mol. The lowest BCUT2D eigenvalue weighted by atomic mass is 10.0. The van der Waals surface area contributed by atoms with Gasteiger partial charge in [0.05, 0.1) is 37.8 Å². The van der Waals surface area contributed by atoms with E-state index in [1.54, 1.807) is 61.0 Å². The second kappa shape index (κ2) is 29.1. The van der Waals surface area contributed by atoms with Crippen LogP contribution in [0.4, 0.5) is 11.4 Å². The van der Waals surface area contributed by atoms with Crippen molar-refractivity contribution in [3.63, 3.8) is 0 Å². The largest absolute Gasteiger partial charge is 0.397 e. The minimum atomic E-state index is -0.524. The quantitative estimate of drug-likeness (QED) is 0.0187. The van der Waals surface area contributed by atoms with Crippen LogP contribution in [0, 0.1) is 0 Å². The number of amides is 1. The van der Waals surface area contributed by atoms with Gasteiger partial charge in [0.25, 0.3) is 5.91 Å². The Hall–Kier alpha value is -7.49. The number of anilines is 2. The molecule has 6 rings (SSSR count). The number of aromatic nitrogens is 2. The maximum Gasteiger partial charge on any atom is 0.255 e. The second-order valence-electron chi connectivity index (χ2n) is 13.5. The molecule has 348 valence electrons. The average molecular weight is 917 g/mol. The maximum absolute atomic E-state index is 14.1.